The van der Waals surface area contributed by atoms with E-state index < -0.39 is 21.7 Å². The number of guanidine groups is 1. The highest BCUT2D eigenvalue weighted by molar-refractivity contribution is 7.89. The molecular weight excluding hydrogens is 386 g/mol. The van der Waals surface area contributed by atoms with Crippen molar-refractivity contribution in [3.05, 3.63) is 65.2 Å². The van der Waals surface area contributed by atoms with Crippen molar-refractivity contribution in [3.8, 4) is 0 Å². The normalized spacial score (nSPS) is 14.8. The average Bonchev–Trinajstić information content (AvgIpc) is 3.48. The summed E-state index contributed by atoms with van der Waals surface area (Å²) >= 11 is 0. The van der Waals surface area contributed by atoms with Gasteiger partial charge in [0.2, 0.25) is 10.0 Å². The molecule has 0 heterocycles. The molecule has 6 nitrogen and oxygen atoms in total. The van der Waals surface area contributed by atoms with E-state index in [4.69, 9.17) is 0 Å². The van der Waals surface area contributed by atoms with E-state index in [1.165, 1.54) is 0 Å². The second-order valence-electron chi connectivity index (χ2n) is 6.55. The second kappa shape index (κ2) is 8.66. The molecule has 0 aliphatic heterocycles. The molecular formula is C19H22F2N4O2S. The third-order valence-corrected chi connectivity index (χ3v) is 5.81. The van der Waals surface area contributed by atoms with Crippen LogP contribution < -0.4 is 15.4 Å². The van der Waals surface area contributed by atoms with E-state index in [2.05, 4.69) is 20.3 Å². The van der Waals surface area contributed by atoms with Crippen LogP contribution in [0.3, 0.4) is 0 Å². The monoisotopic (exact) mass is 408 g/mol. The molecule has 150 valence electrons. The van der Waals surface area contributed by atoms with Crippen molar-refractivity contribution < 1.29 is 17.2 Å². The molecule has 0 spiro atoms. The lowest BCUT2D eigenvalue weighted by molar-refractivity contribution is 0.580. The maximum atomic E-state index is 13.7. The molecule has 0 radical (unpaired) electrons. The van der Waals surface area contributed by atoms with Gasteiger partial charge in [-0.15, -0.1) is 0 Å². The molecule has 1 fully saturated rings. The molecule has 0 unspecified atom stereocenters. The number of hydrogen-bond donors (Lipinski definition) is 3. The summed E-state index contributed by atoms with van der Waals surface area (Å²) < 4.78 is 53.9. The maximum Gasteiger partial charge on any atom is 0.240 e. The fraction of sp³-hybridized carbons (Fsp3) is 0.316. The van der Waals surface area contributed by atoms with Gasteiger partial charge in [-0.2, -0.15) is 0 Å². The largest absolute Gasteiger partial charge is 0.352 e. The van der Waals surface area contributed by atoms with Crippen molar-refractivity contribution in [1.29, 1.82) is 0 Å². The van der Waals surface area contributed by atoms with Crippen molar-refractivity contribution >= 4 is 16.0 Å². The zero-order valence-corrected chi connectivity index (χ0v) is 16.2. The molecule has 0 aromatic heterocycles. The quantitative estimate of drug-likeness (QED) is 0.485. The first-order chi connectivity index (χ1) is 13.4. The van der Waals surface area contributed by atoms with Gasteiger partial charge in [0, 0.05) is 31.7 Å². The third kappa shape index (κ3) is 5.49. The van der Waals surface area contributed by atoms with E-state index in [9.17, 15) is 17.2 Å². The summed E-state index contributed by atoms with van der Waals surface area (Å²) in [6.45, 7) is 0.467. The van der Waals surface area contributed by atoms with Crippen LogP contribution in [0.4, 0.5) is 8.78 Å². The van der Waals surface area contributed by atoms with E-state index >= 15 is 0 Å². The van der Waals surface area contributed by atoms with Crippen LogP contribution in [0.2, 0.25) is 0 Å². The highest BCUT2D eigenvalue weighted by atomic mass is 32.2. The summed E-state index contributed by atoms with van der Waals surface area (Å²) in [6.07, 6.45) is 1.76. The minimum Gasteiger partial charge on any atom is -0.352 e. The van der Waals surface area contributed by atoms with Crippen LogP contribution in [0.25, 0.3) is 0 Å². The Bertz CT molecular complexity index is 958. The van der Waals surface area contributed by atoms with Gasteiger partial charge >= 0.3 is 0 Å². The first-order valence-electron chi connectivity index (χ1n) is 8.87. The van der Waals surface area contributed by atoms with Gasteiger partial charge in [-0.05, 0) is 48.7 Å². The average molecular weight is 408 g/mol. The molecule has 1 aliphatic rings. The van der Waals surface area contributed by atoms with E-state index in [1.807, 2.05) is 0 Å². The number of nitrogens with zero attached hydrogens (tertiary/aromatic N) is 1. The van der Waals surface area contributed by atoms with Gasteiger partial charge in [-0.1, -0.05) is 12.1 Å². The Balaban J connectivity index is 1.54. The molecule has 9 heteroatoms. The maximum absolute atomic E-state index is 13.7. The predicted molar refractivity (Wildman–Crippen MR) is 103 cm³/mol. The zero-order valence-electron chi connectivity index (χ0n) is 15.4. The van der Waals surface area contributed by atoms with Crippen molar-refractivity contribution in [1.82, 2.24) is 15.4 Å². The lowest BCUT2D eigenvalue weighted by Gasteiger charge is -2.13. The number of benzene rings is 2. The summed E-state index contributed by atoms with van der Waals surface area (Å²) in [7, 11) is -1.90. The predicted octanol–water partition coefficient (Wildman–Crippen LogP) is 2.27. The molecule has 0 bridgehead atoms. The highest BCUT2D eigenvalue weighted by Gasteiger charge is 2.27. The number of sulfonamides is 1. The lowest BCUT2D eigenvalue weighted by Crippen LogP contribution is -2.36. The van der Waals surface area contributed by atoms with Gasteiger partial charge in [-0.3, -0.25) is 4.99 Å². The number of rotatable bonds is 7. The first kappa shape index (κ1) is 20.2. The van der Waals surface area contributed by atoms with Crippen LogP contribution in [0.1, 0.15) is 24.0 Å². The first-order valence-corrected chi connectivity index (χ1v) is 10.4. The summed E-state index contributed by atoms with van der Waals surface area (Å²) in [5.41, 5.74) is 1.05. The van der Waals surface area contributed by atoms with Crippen LogP contribution in [0.5, 0.6) is 0 Å². The van der Waals surface area contributed by atoms with Gasteiger partial charge in [0.1, 0.15) is 11.6 Å². The number of nitrogens with one attached hydrogen (secondary N) is 3. The van der Waals surface area contributed by atoms with Crippen LogP contribution in [0.15, 0.2) is 52.4 Å². The van der Waals surface area contributed by atoms with Crippen LogP contribution >= 0.6 is 0 Å². The molecule has 1 saturated carbocycles. The highest BCUT2D eigenvalue weighted by Crippen LogP contribution is 2.22. The SMILES string of the molecule is CN=C(NCc1ccc(S(=O)(=O)NC2CC2)cc1)NCc1cc(F)ccc1F. The fourth-order valence-corrected chi connectivity index (χ4v) is 3.84. The Morgan fingerprint density at radius 1 is 1.07 bits per heavy atom. The number of aliphatic imine (C=N–C) groups is 1. The Kier molecular flexibility index (Phi) is 6.25. The van der Waals surface area contributed by atoms with Crippen LogP contribution in [-0.4, -0.2) is 27.5 Å². The third-order valence-electron chi connectivity index (χ3n) is 4.27. The van der Waals surface area contributed by atoms with Crippen molar-refractivity contribution in [2.45, 2.75) is 36.9 Å². The fourth-order valence-electron chi connectivity index (χ4n) is 2.54. The number of halogens is 2. The molecule has 0 atom stereocenters. The molecule has 1 aliphatic carbocycles. The van der Waals surface area contributed by atoms with E-state index in [0.717, 1.165) is 36.6 Å². The van der Waals surface area contributed by atoms with Crippen molar-refractivity contribution in [3.63, 3.8) is 0 Å². The van der Waals surface area contributed by atoms with E-state index in [-0.39, 0.29) is 23.0 Å². The van der Waals surface area contributed by atoms with Gasteiger partial charge in [0.05, 0.1) is 4.90 Å². The van der Waals surface area contributed by atoms with E-state index in [1.54, 1.807) is 31.3 Å². The topological polar surface area (TPSA) is 82.6 Å². The summed E-state index contributed by atoms with van der Waals surface area (Å²) in [5.74, 6) is -0.593. The Morgan fingerprint density at radius 2 is 1.75 bits per heavy atom. The van der Waals surface area contributed by atoms with Crippen molar-refractivity contribution in [2.75, 3.05) is 7.05 Å². The smallest absolute Gasteiger partial charge is 0.240 e. The number of hydrogen-bond acceptors (Lipinski definition) is 3. The van der Waals surface area contributed by atoms with Crippen LogP contribution in [0, 0.1) is 11.6 Å². The molecule has 3 N–H and O–H groups in total. The molecule has 2 aromatic rings. The van der Waals surface area contributed by atoms with Crippen molar-refractivity contribution in [2.24, 2.45) is 4.99 Å². The summed E-state index contributed by atoms with van der Waals surface area (Å²) in [5, 5.41) is 5.96. The zero-order chi connectivity index (χ0) is 20.1. The van der Waals surface area contributed by atoms with Crippen LogP contribution in [-0.2, 0) is 23.1 Å². The molecule has 2 aromatic carbocycles. The van der Waals surface area contributed by atoms with Gasteiger partial charge in [0.15, 0.2) is 5.96 Å². The Morgan fingerprint density at radius 3 is 2.39 bits per heavy atom. The van der Waals surface area contributed by atoms with Gasteiger partial charge in [0.25, 0.3) is 0 Å². The van der Waals surface area contributed by atoms with Gasteiger partial charge < -0.3 is 10.6 Å². The minimum atomic E-state index is -3.47. The minimum absolute atomic E-state index is 0.0590. The summed E-state index contributed by atoms with van der Waals surface area (Å²) in [4.78, 5) is 4.27. The van der Waals surface area contributed by atoms with E-state index in [0.29, 0.717) is 12.5 Å². The Hall–Kier alpha value is -2.52. The molecule has 28 heavy (non-hydrogen) atoms. The standard InChI is InChI=1S/C19H22F2N4O2S/c1-22-19(24-12-14-10-15(20)4-9-18(14)21)23-11-13-2-7-17(8-3-13)28(26,27)25-16-5-6-16/h2-4,7-10,16,25H,5-6,11-12H2,1H3,(H2,22,23,24). The Labute approximate surface area is 163 Å². The lowest BCUT2D eigenvalue weighted by atomic mass is 10.2. The molecule has 3 rings (SSSR count). The summed E-state index contributed by atoms with van der Waals surface area (Å²) in [6, 6.07) is 9.88. The molecule has 0 amide bonds. The molecule has 0 saturated heterocycles. The second-order valence-corrected chi connectivity index (χ2v) is 8.27. The van der Waals surface area contributed by atoms with Gasteiger partial charge in [-0.25, -0.2) is 21.9 Å².